The third-order valence-corrected chi connectivity index (χ3v) is 2.87. The van der Waals surface area contributed by atoms with Crippen LogP contribution in [0.4, 0.5) is 0 Å². The van der Waals surface area contributed by atoms with Gasteiger partial charge in [0.05, 0.1) is 0 Å². The van der Waals surface area contributed by atoms with Crippen LogP contribution in [0, 0.1) is 5.41 Å². The summed E-state index contributed by atoms with van der Waals surface area (Å²) in [6.45, 7) is 0.888. The summed E-state index contributed by atoms with van der Waals surface area (Å²) in [7, 11) is 0. The molecule has 1 aliphatic carbocycles. The largest absolute Gasteiger partial charge is 0.330 e. The standard InChI is InChI=1S/C7H14BrN/c8-5-4-7(6-9)2-1-3-7/h1-6,9H2. The van der Waals surface area contributed by atoms with Crippen LogP contribution in [-0.2, 0) is 0 Å². The molecule has 1 saturated carbocycles. The summed E-state index contributed by atoms with van der Waals surface area (Å²) in [5, 5.41) is 1.12. The Morgan fingerprint density at radius 3 is 2.22 bits per heavy atom. The number of rotatable bonds is 3. The fourth-order valence-corrected chi connectivity index (χ4v) is 2.27. The predicted molar refractivity (Wildman–Crippen MR) is 43.7 cm³/mol. The van der Waals surface area contributed by atoms with Crippen molar-refractivity contribution < 1.29 is 0 Å². The minimum Gasteiger partial charge on any atom is -0.330 e. The Morgan fingerprint density at radius 1 is 1.44 bits per heavy atom. The van der Waals surface area contributed by atoms with E-state index in [1.165, 1.54) is 25.7 Å². The molecular weight excluding hydrogens is 178 g/mol. The molecule has 0 amide bonds. The summed E-state index contributed by atoms with van der Waals surface area (Å²) in [6.07, 6.45) is 5.37. The van der Waals surface area contributed by atoms with Crippen molar-refractivity contribution >= 4 is 15.9 Å². The van der Waals surface area contributed by atoms with Gasteiger partial charge >= 0.3 is 0 Å². The lowest BCUT2D eigenvalue weighted by atomic mass is 9.67. The highest BCUT2D eigenvalue weighted by molar-refractivity contribution is 9.09. The van der Waals surface area contributed by atoms with Crippen molar-refractivity contribution in [2.45, 2.75) is 25.7 Å². The van der Waals surface area contributed by atoms with E-state index >= 15 is 0 Å². The van der Waals surface area contributed by atoms with Crippen molar-refractivity contribution in [3.05, 3.63) is 0 Å². The van der Waals surface area contributed by atoms with Crippen molar-refractivity contribution in [2.75, 3.05) is 11.9 Å². The molecule has 0 aromatic carbocycles. The molecule has 1 fully saturated rings. The molecule has 1 aliphatic rings. The molecule has 0 spiro atoms. The van der Waals surface area contributed by atoms with Crippen molar-refractivity contribution in [1.29, 1.82) is 0 Å². The van der Waals surface area contributed by atoms with Gasteiger partial charge in [-0.3, -0.25) is 0 Å². The second-order valence-electron chi connectivity index (χ2n) is 3.00. The van der Waals surface area contributed by atoms with Gasteiger partial charge in [0.1, 0.15) is 0 Å². The van der Waals surface area contributed by atoms with Gasteiger partial charge in [-0.25, -0.2) is 0 Å². The van der Waals surface area contributed by atoms with Crippen LogP contribution >= 0.6 is 15.9 Å². The Kier molecular flexibility index (Phi) is 2.53. The second-order valence-corrected chi connectivity index (χ2v) is 3.79. The monoisotopic (exact) mass is 191 g/mol. The summed E-state index contributed by atoms with van der Waals surface area (Å²) in [5.74, 6) is 0. The molecule has 0 aromatic heterocycles. The van der Waals surface area contributed by atoms with Gasteiger partial charge in [0.25, 0.3) is 0 Å². The maximum absolute atomic E-state index is 5.63. The zero-order valence-electron chi connectivity index (χ0n) is 5.70. The average Bonchev–Trinajstić information content (AvgIpc) is 1.79. The van der Waals surface area contributed by atoms with Gasteiger partial charge in [-0.2, -0.15) is 0 Å². The van der Waals surface area contributed by atoms with E-state index < -0.39 is 0 Å². The first-order valence-corrected chi connectivity index (χ1v) is 4.71. The maximum atomic E-state index is 5.63. The Balaban J connectivity index is 2.28. The topological polar surface area (TPSA) is 26.0 Å². The highest BCUT2D eigenvalue weighted by atomic mass is 79.9. The molecule has 1 rings (SSSR count). The van der Waals surface area contributed by atoms with Gasteiger partial charge in [-0.05, 0) is 31.2 Å². The fraction of sp³-hybridized carbons (Fsp3) is 1.00. The van der Waals surface area contributed by atoms with E-state index in [1.807, 2.05) is 0 Å². The quantitative estimate of drug-likeness (QED) is 0.679. The molecule has 0 radical (unpaired) electrons. The van der Waals surface area contributed by atoms with E-state index in [0.717, 1.165) is 11.9 Å². The lowest BCUT2D eigenvalue weighted by Gasteiger charge is -2.40. The highest BCUT2D eigenvalue weighted by Crippen LogP contribution is 2.43. The molecule has 0 bridgehead atoms. The van der Waals surface area contributed by atoms with Gasteiger partial charge in [0.2, 0.25) is 0 Å². The van der Waals surface area contributed by atoms with E-state index in [2.05, 4.69) is 15.9 Å². The van der Waals surface area contributed by atoms with Crippen LogP contribution in [0.2, 0.25) is 0 Å². The van der Waals surface area contributed by atoms with Gasteiger partial charge in [-0.1, -0.05) is 22.4 Å². The third-order valence-electron chi connectivity index (χ3n) is 2.47. The SMILES string of the molecule is NCC1(CCBr)CCC1. The lowest BCUT2D eigenvalue weighted by molar-refractivity contribution is 0.141. The smallest absolute Gasteiger partial charge is 0.00370 e. The van der Waals surface area contributed by atoms with E-state index in [4.69, 9.17) is 5.73 Å². The summed E-state index contributed by atoms with van der Waals surface area (Å²) >= 11 is 3.45. The summed E-state index contributed by atoms with van der Waals surface area (Å²) in [4.78, 5) is 0. The molecular formula is C7H14BrN. The Labute approximate surface area is 65.1 Å². The van der Waals surface area contributed by atoms with E-state index in [1.54, 1.807) is 0 Å². The minimum absolute atomic E-state index is 0.545. The van der Waals surface area contributed by atoms with Crippen LogP contribution in [0.1, 0.15) is 25.7 Å². The molecule has 0 aromatic rings. The Bertz CT molecular complexity index is 83.4. The summed E-state index contributed by atoms with van der Waals surface area (Å²) in [6, 6.07) is 0. The van der Waals surface area contributed by atoms with Crippen molar-refractivity contribution in [2.24, 2.45) is 11.1 Å². The van der Waals surface area contributed by atoms with Crippen LogP contribution in [-0.4, -0.2) is 11.9 Å². The van der Waals surface area contributed by atoms with Crippen LogP contribution < -0.4 is 5.73 Å². The lowest BCUT2D eigenvalue weighted by Crippen LogP contribution is -2.37. The predicted octanol–water partition coefficient (Wildman–Crippen LogP) is 1.90. The van der Waals surface area contributed by atoms with Crippen molar-refractivity contribution in [1.82, 2.24) is 0 Å². The highest BCUT2D eigenvalue weighted by Gasteiger charge is 2.34. The Morgan fingerprint density at radius 2 is 2.11 bits per heavy atom. The maximum Gasteiger partial charge on any atom is 0.00370 e. The van der Waals surface area contributed by atoms with Crippen molar-refractivity contribution in [3.63, 3.8) is 0 Å². The van der Waals surface area contributed by atoms with Crippen LogP contribution in [0.3, 0.4) is 0 Å². The molecule has 0 unspecified atom stereocenters. The molecule has 9 heavy (non-hydrogen) atoms. The zero-order valence-corrected chi connectivity index (χ0v) is 7.28. The number of halogens is 1. The molecule has 2 heteroatoms. The van der Waals surface area contributed by atoms with E-state index in [9.17, 15) is 0 Å². The third kappa shape index (κ3) is 1.47. The Hall–Kier alpha value is 0.440. The summed E-state index contributed by atoms with van der Waals surface area (Å²) in [5.41, 5.74) is 6.18. The van der Waals surface area contributed by atoms with Gasteiger partial charge < -0.3 is 5.73 Å². The van der Waals surface area contributed by atoms with Crippen LogP contribution in [0.15, 0.2) is 0 Å². The molecule has 54 valence electrons. The number of nitrogens with two attached hydrogens (primary N) is 1. The van der Waals surface area contributed by atoms with Crippen LogP contribution in [0.25, 0.3) is 0 Å². The first-order chi connectivity index (χ1) is 4.33. The van der Waals surface area contributed by atoms with E-state index in [0.29, 0.717) is 5.41 Å². The number of hydrogen-bond acceptors (Lipinski definition) is 1. The molecule has 0 aliphatic heterocycles. The zero-order chi connectivity index (χ0) is 6.74. The van der Waals surface area contributed by atoms with Gasteiger partial charge in [-0.15, -0.1) is 0 Å². The van der Waals surface area contributed by atoms with Crippen LogP contribution in [0.5, 0.6) is 0 Å². The normalized spacial score (nSPS) is 23.3. The molecule has 2 N–H and O–H groups in total. The summed E-state index contributed by atoms with van der Waals surface area (Å²) < 4.78 is 0. The molecule has 1 nitrogen and oxygen atoms in total. The van der Waals surface area contributed by atoms with Gasteiger partial charge in [0, 0.05) is 5.33 Å². The average molecular weight is 192 g/mol. The van der Waals surface area contributed by atoms with E-state index in [-0.39, 0.29) is 0 Å². The molecule has 0 heterocycles. The fourth-order valence-electron chi connectivity index (χ4n) is 1.43. The minimum atomic E-state index is 0.545. The number of hydrogen-bond donors (Lipinski definition) is 1. The second kappa shape index (κ2) is 3.02. The first-order valence-electron chi connectivity index (χ1n) is 3.59. The molecule has 0 saturated heterocycles. The molecule has 0 atom stereocenters. The van der Waals surface area contributed by atoms with Gasteiger partial charge in [0.15, 0.2) is 0 Å². The number of alkyl halides is 1. The first kappa shape index (κ1) is 7.55. The van der Waals surface area contributed by atoms with Crippen molar-refractivity contribution in [3.8, 4) is 0 Å².